The molecule has 83 heavy (non-hydrogen) atoms. The summed E-state index contributed by atoms with van der Waals surface area (Å²) in [6.45, 7) is 8.81. The number of carbonyl (C=O) groups excluding carboxylic acids is 2. The first-order chi connectivity index (χ1) is 39.0. The molecule has 0 saturated heterocycles. The fourth-order valence-electron chi connectivity index (χ4n) is 11.7. The molecule has 0 unspecified atom stereocenters. The van der Waals surface area contributed by atoms with Crippen molar-refractivity contribution < 1.29 is 66.0 Å². The van der Waals surface area contributed by atoms with E-state index in [0.717, 1.165) is 40.2 Å². The number of unbranched alkanes of at least 4 members (excludes halogenated alkanes) is 4. The summed E-state index contributed by atoms with van der Waals surface area (Å²) < 4.78 is 143. The number of carbonyl (C=O) groups is 2. The minimum absolute atomic E-state index is 0.00667. The molecule has 0 saturated carbocycles. The fourth-order valence-corrected chi connectivity index (χ4v) is 14.4. The van der Waals surface area contributed by atoms with Gasteiger partial charge in [0, 0.05) is 82.3 Å². The van der Waals surface area contributed by atoms with Gasteiger partial charge in [0.15, 0.2) is 5.71 Å². The summed E-state index contributed by atoms with van der Waals surface area (Å²) in [6, 6.07) is 25.6. The first-order valence-corrected chi connectivity index (χ1v) is 32.6. The molecular formula is C61H63N4O14S4+. The molecule has 0 radical (unpaired) electrons. The predicted octanol–water partition coefficient (Wildman–Crippen LogP) is 9.96. The van der Waals surface area contributed by atoms with Crippen molar-refractivity contribution in [3.05, 3.63) is 161 Å². The SMILES string of the molecule is C[N+]1=C(/C=C/C=C/C=C2/N(CCCCCC(=O)NCCCCCC(=O)N3Cc4ccccc4C#Cc4ccccc43)c3ccc4c(S(=O)(=O)O)cc(S(=O)(=O)O)cc4c3C2(C)C)C(C)(C)c2c1ccc1c(S(=O)(=O)O)cc(S(=O)(=O)O)cc21. The van der Waals surface area contributed by atoms with E-state index in [1.54, 1.807) is 42.3 Å². The first-order valence-electron chi connectivity index (χ1n) is 26.8. The second-order valence-electron chi connectivity index (χ2n) is 21.9. The summed E-state index contributed by atoms with van der Waals surface area (Å²) in [5.41, 5.74) is 5.42. The number of hydrogen-bond donors (Lipinski definition) is 5. The van der Waals surface area contributed by atoms with Crippen molar-refractivity contribution in [3.63, 3.8) is 0 Å². The molecule has 0 aromatic heterocycles. The topological polar surface area (TPSA) is 273 Å². The van der Waals surface area contributed by atoms with Gasteiger partial charge in [-0.15, -0.1) is 0 Å². The van der Waals surface area contributed by atoms with Crippen LogP contribution >= 0.6 is 0 Å². The molecule has 9 rings (SSSR count). The van der Waals surface area contributed by atoms with Crippen LogP contribution in [0.5, 0.6) is 0 Å². The third-order valence-electron chi connectivity index (χ3n) is 15.7. The van der Waals surface area contributed by atoms with E-state index in [0.29, 0.717) is 92.8 Å². The second-order valence-corrected chi connectivity index (χ2v) is 27.5. The summed E-state index contributed by atoms with van der Waals surface area (Å²) in [5, 5.41) is 3.48. The normalized spacial score (nSPS) is 16.2. The molecule has 22 heteroatoms. The molecule has 0 spiro atoms. The summed E-state index contributed by atoms with van der Waals surface area (Å²) >= 11 is 0. The monoisotopic (exact) mass is 1200 g/mol. The number of fused-ring (bicyclic) bond motifs is 8. The smallest absolute Gasteiger partial charge is 0.295 e. The molecule has 0 fully saturated rings. The summed E-state index contributed by atoms with van der Waals surface area (Å²) in [4.78, 5) is 27.7. The summed E-state index contributed by atoms with van der Waals surface area (Å²) in [5.74, 6) is 6.38. The maximum atomic E-state index is 13.6. The van der Waals surface area contributed by atoms with Gasteiger partial charge in [-0.2, -0.15) is 38.2 Å². The fraction of sp³-hybridized carbons (Fsp3) is 0.295. The molecule has 6 aromatic carbocycles. The lowest BCUT2D eigenvalue weighted by molar-refractivity contribution is -0.401. The lowest BCUT2D eigenvalue weighted by Crippen LogP contribution is -2.31. The average molecular weight is 1200 g/mol. The maximum absolute atomic E-state index is 13.6. The van der Waals surface area contributed by atoms with Gasteiger partial charge in [0.05, 0.1) is 27.4 Å². The Morgan fingerprint density at radius 1 is 0.602 bits per heavy atom. The molecule has 434 valence electrons. The van der Waals surface area contributed by atoms with Crippen LogP contribution in [0.25, 0.3) is 21.5 Å². The lowest BCUT2D eigenvalue weighted by Gasteiger charge is -2.27. The predicted molar refractivity (Wildman–Crippen MR) is 318 cm³/mol. The molecule has 2 amide bonds. The van der Waals surface area contributed by atoms with E-state index in [2.05, 4.69) is 17.2 Å². The Morgan fingerprint density at radius 2 is 1.18 bits per heavy atom. The number of rotatable bonds is 19. The Bertz CT molecular complexity index is 4360. The van der Waals surface area contributed by atoms with Gasteiger partial charge in [-0.3, -0.25) is 27.8 Å². The number of hydrogen-bond acceptors (Lipinski definition) is 11. The molecular weight excluding hydrogens is 1140 g/mol. The minimum Gasteiger partial charge on any atom is -0.356 e. The van der Waals surface area contributed by atoms with Gasteiger partial charge in [-0.1, -0.05) is 93.2 Å². The van der Waals surface area contributed by atoms with Crippen LogP contribution in [0.1, 0.15) is 107 Å². The van der Waals surface area contributed by atoms with Gasteiger partial charge in [0.1, 0.15) is 16.8 Å². The molecule has 3 aliphatic heterocycles. The quantitative estimate of drug-likeness (QED) is 0.0166. The van der Waals surface area contributed by atoms with Crippen molar-refractivity contribution >= 4 is 96.6 Å². The van der Waals surface area contributed by atoms with Crippen LogP contribution < -0.4 is 15.1 Å². The number of allylic oxidation sites excluding steroid dienone is 6. The van der Waals surface area contributed by atoms with Crippen LogP contribution in [0.15, 0.2) is 153 Å². The number of nitrogens with one attached hydrogen (secondary N) is 1. The lowest BCUT2D eigenvalue weighted by atomic mass is 9.79. The Morgan fingerprint density at radius 3 is 1.83 bits per heavy atom. The van der Waals surface area contributed by atoms with Gasteiger partial charge < -0.3 is 15.1 Å². The number of para-hydroxylation sites is 1. The van der Waals surface area contributed by atoms with Gasteiger partial charge in [-0.05, 0) is 122 Å². The third kappa shape index (κ3) is 12.4. The maximum Gasteiger partial charge on any atom is 0.295 e. The third-order valence-corrected chi connectivity index (χ3v) is 19.1. The van der Waals surface area contributed by atoms with Crippen LogP contribution in [0.4, 0.5) is 17.1 Å². The van der Waals surface area contributed by atoms with Crippen molar-refractivity contribution in [1.82, 2.24) is 5.32 Å². The van der Waals surface area contributed by atoms with E-state index in [1.165, 1.54) is 24.3 Å². The number of benzene rings is 6. The molecule has 0 atom stereocenters. The Balaban J connectivity index is 0.883. The van der Waals surface area contributed by atoms with E-state index in [1.807, 2.05) is 97.9 Å². The Labute approximate surface area is 483 Å². The van der Waals surface area contributed by atoms with Crippen molar-refractivity contribution in [2.75, 3.05) is 29.9 Å². The molecule has 18 nitrogen and oxygen atoms in total. The van der Waals surface area contributed by atoms with Crippen molar-refractivity contribution in [2.24, 2.45) is 0 Å². The zero-order chi connectivity index (χ0) is 60.0. The highest BCUT2D eigenvalue weighted by molar-refractivity contribution is 7.87. The highest BCUT2D eigenvalue weighted by Crippen LogP contribution is 2.52. The standard InChI is InChI=1S/C61H62N4O14S4/c1-60(2)54(63(5)50-31-29-45-47(58(50)60)35-43(80(68,69)70)37-52(45)82(74,75)76)23-9-6-10-24-55-61(3,4)59-48-36-44(81(71,72)73)38-53(83(77,78)79)46(48)30-32-51(59)64(55)34-18-8-11-25-56(66)62-33-17-7-12-26-57(67)65-39-42-21-14-13-19-40(42)27-28-41-20-15-16-22-49(41)65/h6,9-10,13-16,19-24,29-32,35-38H,7-8,11-12,17-18,25-26,33-34,39H2,1-5H3,(H4-,62,66,68,69,70,71,72,73,74,75,76,77,78,79)/p+1. The Hall–Kier alpha value is -7.33. The number of nitrogens with zero attached hydrogens (tertiary/aromatic N) is 3. The van der Waals surface area contributed by atoms with Gasteiger partial charge in [0.2, 0.25) is 17.5 Å². The van der Waals surface area contributed by atoms with E-state index in [9.17, 15) is 61.5 Å². The van der Waals surface area contributed by atoms with Crippen LogP contribution in [0, 0.1) is 11.8 Å². The number of anilines is 2. The minimum atomic E-state index is -4.99. The van der Waals surface area contributed by atoms with E-state index >= 15 is 0 Å². The van der Waals surface area contributed by atoms with Gasteiger partial charge >= 0.3 is 0 Å². The van der Waals surface area contributed by atoms with Crippen LogP contribution in [0.3, 0.4) is 0 Å². The van der Waals surface area contributed by atoms with Crippen LogP contribution in [-0.2, 0) is 67.4 Å². The Kier molecular flexibility index (Phi) is 16.7. The highest BCUT2D eigenvalue weighted by Gasteiger charge is 2.45. The van der Waals surface area contributed by atoms with E-state index in [4.69, 9.17) is 0 Å². The van der Waals surface area contributed by atoms with Gasteiger partial charge in [0.25, 0.3) is 40.5 Å². The molecule has 0 aliphatic carbocycles. The molecule has 0 bridgehead atoms. The van der Waals surface area contributed by atoms with Crippen LogP contribution in [-0.4, -0.2) is 94.1 Å². The molecule has 6 aromatic rings. The summed E-state index contributed by atoms with van der Waals surface area (Å²) in [6.07, 6.45) is 13.6. The summed E-state index contributed by atoms with van der Waals surface area (Å²) in [7, 11) is -18.0. The molecule has 3 aliphatic rings. The second kappa shape index (κ2) is 23.0. The number of amides is 2. The molecule has 5 N–H and O–H groups in total. The van der Waals surface area contributed by atoms with Crippen molar-refractivity contribution in [3.8, 4) is 11.8 Å². The first kappa shape index (κ1) is 60.3. The van der Waals surface area contributed by atoms with Gasteiger partial charge in [-0.25, -0.2) is 0 Å². The largest absolute Gasteiger partial charge is 0.356 e. The average Bonchev–Trinajstić information content (AvgIpc) is 1.75. The zero-order valence-electron chi connectivity index (χ0n) is 46.2. The van der Waals surface area contributed by atoms with Crippen molar-refractivity contribution in [2.45, 2.75) is 116 Å². The highest BCUT2D eigenvalue weighted by atomic mass is 32.2. The zero-order valence-corrected chi connectivity index (χ0v) is 49.5. The van der Waals surface area contributed by atoms with Crippen LogP contribution in [0.2, 0.25) is 0 Å². The van der Waals surface area contributed by atoms with Crippen molar-refractivity contribution in [1.29, 1.82) is 0 Å². The molecule has 3 heterocycles. The van der Waals surface area contributed by atoms with E-state index < -0.39 is 70.9 Å². The van der Waals surface area contributed by atoms with E-state index in [-0.39, 0.29) is 39.8 Å².